The SMILES string of the molecule is O=C1/C(=c2\c(=O)c3cccc4c(Br)ccc2c43)Sc2ccc3ccccc3c21. The summed E-state index contributed by atoms with van der Waals surface area (Å²) in [4.78, 5) is 28.2. The van der Waals surface area contributed by atoms with Gasteiger partial charge in [0.25, 0.3) is 0 Å². The molecule has 1 aliphatic rings. The maximum atomic E-state index is 13.4. The standard InChI is InChI=1S/C24H11BrO2S/c25-17-10-9-15-19-14(17)6-3-7-16(19)22(26)21(15)24-23(27)20-13-5-2-1-4-12(13)8-11-18(20)28-24/h1-11H/b24-21+. The van der Waals surface area contributed by atoms with Crippen LogP contribution in [0.3, 0.4) is 0 Å². The quantitative estimate of drug-likeness (QED) is 0.316. The molecule has 0 atom stereocenters. The number of ketones is 1. The van der Waals surface area contributed by atoms with E-state index in [9.17, 15) is 9.59 Å². The Labute approximate surface area is 172 Å². The average molecular weight is 443 g/mol. The van der Waals surface area contributed by atoms with Crippen LogP contribution in [-0.4, -0.2) is 5.78 Å². The zero-order valence-electron chi connectivity index (χ0n) is 14.5. The van der Waals surface area contributed by atoms with Gasteiger partial charge < -0.3 is 0 Å². The number of benzene rings is 4. The summed E-state index contributed by atoms with van der Waals surface area (Å²) in [5.74, 6) is -0.0518. The summed E-state index contributed by atoms with van der Waals surface area (Å²) in [6.45, 7) is 0. The van der Waals surface area contributed by atoms with Gasteiger partial charge in [0.2, 0.25) is 5.78 Å². The number of carbonyl (C=O) groups is 1. The second kappa shape index (κ2) is 5.66. The number of thioether (sulfide) groups is 1. The normalized spacial score (nSPS) is 15.8. The van der Waals surface area contributed by atoms with Crippen molar-refractivity contribution in [3.63, 3.8) is 0 Å². The lowest BCUT2D eigenvalue weighted by Crippen LogP contribution is -2.23. The highest BCUT2D eigenvalue weighted by molar-refractivity contribution is 9.10. The molecule has 0 radical (unpaired) electrons. The summed E-state index contributed by atoms with van der Waals surface area (Å²) in [7, 11) is 0. The molecular weight excluding hydrogens is 432 g/mol. The second-order valence-electron chi connectivity index (χ2n) is 6.95. The first kappa shape index (κ1) is 16.3. The van der Waals surface area contributed by atoms with E-state index in [0.29, 0.717) is 21.1 Å². The fraction of sp³-hybridized carbons (Fsp3) is 0. The summed E-state index contributed by atoms with van der Waals surface area (Å²) in [6.07, 6.45) is 0. The Hall–Kier alpha value is -2.69. The molecule has 0 spiro atoms. The van der Waals surface area contributed by atoms with Gasteiger partial charge in [0.05, 0.1) is 4.91 Å². The molecule has 1 aliphatic heterocycles. The Balaban J connectivity index is 1.78. The number of fused-ring (bicyclic) bond motifs is 3. The summed E-state index contributed by atoms with van der Waals surface area (Å²) < 4.78 is 0.951. The molecular formula is C24H11BrO2S. The number of Topliss-reactive ketones (excluding diaryl/α,β-unsaturated/α-hetero) is 1. The Morgan fingerprint density at radius 3 is 2.39 bits per heavy atom. The third-order valence-corrected chi connectivity index (χ3v) is 7.34. The van der Waals surface area contributed by atoms with Crippen molar-refractivity contribution in [2.24, 2.45) is 0 Å². The van der Waals surface area contributed by atoms with Crippen LogP contribution in [0.4, 0.5) is 0 Å². The van der Waals surface area contributed by atoms with Crippen LogP contribution in [0.25, 0.3) is 37.2 Å². The van der Waals surface area contributed by atoms with Crippen molar-refractivity contribution in [2.45, 2.75) is 4.90 Å². The molecule has 0 saturated heterocycles. The van der Waals surface area contributed by atoms with Crippen LogP contribution in [0.5, 0.6) is 0 Å². The molecule has 0 bridgehead atoms. The lowest BCUT2D eigenvalue weighted by atomic mass is 10.0. The van der Waals surface area contributed by atoms with Crippen LogP contribution in [0.1, 0.15) is 10.4 Å². The zero-order chi connectivity index (χ0) is 19.0. The van der Waals surface area contributed by atoms with Gasteiger partial charge in [-0.25, -0.2) is 0 Å². The van der Waals surface area contributed by atoms with E-state index in [1.165, 1.54) is 11.8 Å². The van der Waals surface area contributed by atoms with Gasteiger partial charge in [-0.2, -0.15) is 0 Å². The van der Waals surface area contributed by atoms with E-state index in [1.54, 1.807) is 0 Å². The van der Waals surface area contributed by atoms with Gasteiger partial charge in [0.15, 0.2) is 5.43 Å². The molecule has 6 rings (SSSR count). The highest BCUT2D eigenvalue weighted by atomic mass is 79.9. The number of rotatable bonds is 0. The lowest BCUT2D eigenvalue weighted by Gasteiger charge is -2.02. The van der Waals surface area contributed by atoms with E-state index in [0.717, 1.165) is 36.3 Å². The van der Waals surface area contributed by atoms with E-state index < -0.39 is 0 Å². The molecule has 4 heteroatoms. The number of halogens is 1. The zero-order valence-corrected chi connectivity index (χ0v) is 16.9. The smallest absolute Gasteiger partial charge is 0.202 e. The third-order valence-electron chi connectivity index (χ3n) is 5.49. The molecule has 5 aromatic rings. The topological polar surface area (TPSA) is 34.1 Å². The second-order valence-corrected chi connectivity index (χ2v) is 8.85. The van der Waals surface area contributed by atoms with Crippen LogP contribution >= 0.6 is 27.7 Å². The molecule has 0 saturated carbocycles. The van der Waals surface area contributed by atoms with E-state index in [-0.39, 0.29) is 11.2 Å². The number of hydrogen-bond acceptors (Lipinski definition) is 3. The van der Waals surface area contributed by atoms with Crippen molar-refractivity contribution in [1.82, 2.24) is 0 Å². The minimum absolute atomic E-state index is 0.0518. The summed E-state index contributed by atoms with van der Waals surface area (Å²) in [5, 5.41) is 5.97. The Bertz CT molecular complexity index is 1590. The monoisotopic (exact) mass is 442 g/mol. The number of hydrogen-bond donors (Lipinski definition) is 0. The minimum Gasteiger partial charge on any atom is -0.289 e. The van der Waals surface area contributed by atoms with Gasteiger partial charge in [0.1, 0.15) is 0 Å². The van der Waals surface area contributed by atoms with Gasteiger partial charge in [-0.3, -0.25) is 9.59 Å². The first-order chi connectivity index (χ1) is 13.6. The minimum atomic E-state index is -0.0633. The molecule has 0 aromatic heterocycles. The molecule has 5 aromatic carbocycles. The van der Waals surface area contributed by atoms with Crippen molar-refractivity contribution in [1.29, 1.82) is 0 Å². The molecule has 2 nitrogen and oxygen atoms in total. The molecule has 0 fully saturated rings. The van der Waals surface area contributed by atoms with Gasteiger partial charge in [-0.05, 0) is 33.7 Å². The van der Waals surface area contributed by atoms with E-state index in [1.807, 2.05) is 66.7 Å². The van der Waals surface area contributed by atoms with Crippen LogP contribution in [-0.2, 0) is 0 Å². The Kier molecular flexibility index (Phi) is 3.29. The Morgan fingerprint density at radius 2 is 1.50 bits per heavy atom. The highest BCUT2D eigenvalue weighted by Gasteiger charge is 2.30. The fourth-order valence-corrected chi connectivity index (χ4v) is 5.88. The van der Waals surface area contributed by atoms with E-state index >= 15 is 0 Å². The van der Waals surface area contributed by atoms with Crippen molar-refractivity contribution in [3.05, 3.63) is 92.2 Å². The van der Waals surface area contributed by atoms with Gasteiger partial charge >= 0.3 is 0 Å². The molecule has 0 N–H and O–H groups in total. The molecule has 0 aliphatic carbocycles. The van der Waals surface area contributed by atoms with Gasteiger partial charge in [0, 0.05) is 30.9 Å². The van der Waals surface area contributed by atoms with Gasteiger partial charge in [-0.15, -0.1) is 0 Å². The van der Waals surface area contributed by atoms with Crippen molar-refractivity contribution in [3.8, 4) is 0 Å². The molecule has 28 heavy (non-hydrogen) atoms. The fourth-order valence-electron chi connectivity index (χ4n) is 4.26. The van der Waals surface area contributed by atoms with Crippen LogP contribution in [0, 0.1) is 0 Å². The summed E-state index contributed by atoms with van der Waals surface area (Å²) >= 11 is 5.00. The van der Waals surface area contributed by atoms with Crippen LogP contribution in [0.15, 0.2) is 80.9 Å². The molecule has 1 heterocycles. The lowest BCUT2D eigenvalue weighted by molar-refractivity contribution is 0.106. The van der Waals surface area contributed by atoms with Gasteiger partial charge in [-0.1, -0.05) is 82.3 Å². The van der Waals surface area contributed by atoms with Crippen molar-refractivity contribution in [2.75, 3.05) is 0 Å². The predicted molar refractivity (Wildman–Crippen MR) is 119 cm³/mol. The average Bonchev–Trinajstić information content (AvgIpc) is 3.20. The van der Waals surface area contributed by atoms with E-state index in [2.05, 4.69) is 15.9 Å². The molecule has 0 amide bonds. The van der Waals surface area contributed by atoms with Crippen molar-refractivity contribution < 1.29 is 4.79 Å². The maximum Gasteiger partial charge on any atom is 0.202 e. The highest BCUT2D eigenvalue weighted by Crippen LogP contribution is 2.44. The van der Waals surface area contributed by atoms with Crippen LogP contribution < -0.4 is 10.6 Å². The summed E-state index contributed by atoms with van der Waals surface area (Å²) in [5.41, 5.74) is 0.648. The maximum absolute atomic E-state index is 13.4. The first-order valence-corrected chi connectivity index (χ1v) is 10.5. The third kappa shape index (κ3) is 1.99. The van der Waals surface area contributed by atoms with E-state index in [4.69, 9.17) is 0 Å². The Morgan fingerprint density at radius 1 is 0.714 bits per heavy atom. The predicted octanol–water partition coefficient (Wildman–Crippen LogP) is 5.52. The number of carbonyl (C=O) groups excluding carboxylic acids is 1. The summed E-state index contributed by atoms with van der Waals surface area (Å²) in [6, 6.07) is 21.5. The molecule has 0 unspecified atom stereocenters. The van der Waals surface area contributed by atoms with Crippen LogP contribution in [0.2, 0.25) is 0 Å². The molecule has 132 valence electrons. The first-order valence-electron chi connectivity index (χ1n) is 8.90. The van der Waals surface area contributed by atoms with Crippen molar-refractivity contribution >= 4 is 70.7 Å². The largest absolute Gasteiger partial charge is 0.289 e.